The van der Waals surface area contributed by atoms with E-state index in [4.69, 9.17) is 4.74 Å². The molecule has 4 rings (SSSR count). The van der Waals surface area contributed by atoms with Gasteiger partial charge in [0, 0.05) is 25.2 Å². The summed E-state index contributed by atoms with van der Waals surface area (Å²) in [6.45, 7) is 6.20. The summed E-state index contributed by atoms with van der Waals surface area (Å²) in [5.74, 6) is 0.0767. The molecule has 1 atom stereocenters. The third-order valence-corrected chi connectivity index (χ3v) is 6.80. The van der Waals surface area contributed by atoms with Gasteiger partial charge in [-0.2, -0.15) is 0 Å². The Morgan fingerprint density at radius 1 is 1.18 bits per heavy atom. The first-order valence-electron chi connectivity index (χ1n) is 10.6. The summed E-state index contributed by atoms with van der Waals surface area (Å²) < 4.78 is 18.9. The minimum atomic E-state index is -0.253. The molecule has 0 aromatic heterocycles. The minimum absolute atomic E-state index is 0.0167. The number of hydrogen-bond donors (Lipinski definition) is 1. The van der Waals surface area contributed by atoms with Gasteiger partial charge in [-0.3, -0.25) is 9.69 Å². The zero-order valence-electron chi connectivity index (χ0n) is 16.8. The lowest BCUT2D eigenvalue weighted by molar-refractivity contribution is -0.124. The second-order valence-corrected chi connectivity index (χ2v) is 8.71. The number of halogens is 1. The van der Waals surface area contributed by atoms with Crippen molar-refractivity contribution in [2.75, 3.05) is 53.0 Å². The monoisotopic (exact) mass is 389 g/mol. The van der Waals surface area contributed by atoms with E-state index in [9.17, 15) is 9.18 Å². The number of carbonyl (C=O) groups excluding carboxylic acids is 1. The van der Waals surface area contributed by atoms with Crippen LogP contribution in [0.1, 0.15) is 37.2 Å². The van der Waals surface area contributed by atoms with Crippen LogP contribution in [0.15, 0.2) is 24.3 Å². The Kier molecular flexibility index (Phi) is 5.99. The first kappa shape index (κ1) is 19.8. The summed E-state index contributed by atoms with van der Waals surface area (Å²) in [6.07, 6.45) is 4.28. The van der Waals surface area contributed by atoms with Gasteiger partial charge >= 0.3 is 0 Å². The maximum absolute atomic E-state index is 13.3. The molecule has 0 spiro atoms. The molecule has 154 valence electrons. The van der Waals surface area contributed by atoms with E-state index in [1.807, 2.05) is 0 Å². The molecule has 3 aliphatic rings. The predicted octanol–water partition coefficient (Wildman–Crippen LogP) is 2.23. The Labute approximate surface area is 167 Å². The second-order valence-electron chi connectivity index (χ2n) is 8.71. The number of rotatable bonds is 6. The van der Waals surface area contributed by atoms with Crippen LogP contribution in [-0.2, 0) is 9.53 Å². The molecule has 1 amide bonds. The number of hydrogen-bond acceptors (Lipinski definition) is 4. The van der Waals surface area contributed by atoms with Gasteiger partial charge in [-0.1, -0.05) is 12.1 Å². The lowest BCUT2D eigenvalue weighted by atomic mass is 9.84. The molecule has 1 saturated carbocycles. The molecule has 5 nitrogen and oxygen atoms in total. The Balaban J connectivity index is 1.46. The van der Waals surface area contributed by atoms with Gasteiger partial charge in [0.05, 0.1) is 19.1 Å². The molecule has 28 heavy (non-hydrogen) atoms. The molecule has 0 bridgehead atoms. The van der Waals surface area contributed by atoms with Crippen LogP contribution in [0.5, 0.6) is 0 Å². The van der Waals surface area contributed by atoms with Crippen LogP contribution < -0.4 is 5.32 Å². The summed E-state index contributed by atoms with van der Waals surface area (Å²) in [6, 6.07) is 6.46. The molecule has 3 fully saturated rings. The average Bonchev–Trinajstić information content (AvgIpc) is 3.55. The van der Waals surface area contributed by atoms with E-state index >= 15 is 0 Å². The largest absolute Gasteiger partial charge is 0.379 e. The van der Waals surface area contributed by atoms with E-state index < -0.39 is 0 Å². The molecule has 1 N–H and O–H groups in total. The molecule has 6 heteroatoms. The van der Waals surface area contributed by atoms with Gasteiger partial charge in [-0.25, -0.2) is 4.39 Å². The highest BCUT2D eigenvalue weighted by atomic mass is 19.1. The van der Waals surface area contributed by atoms with E-state index in [1.54, 1.807) is 12.1 Å². The van der Waals surface area contributed by atoms with Gasteiger partial charge in [-0.15, -0.1) is 0 Å². The van der Waals surface area contributed by atoms with Gasteiger partial charge in [0.1, 0.15) is 5.82 Å². The highest BCUT2D eigenvalue weighted by molar-refractivity contribution is 5.84. The first-order chi connectivity index (χ1) is 13.6. The minimum Gasteiger partial charge on any atom is -0.379 e. The molecular formula is C22H32FN3O2. The number of ether oxygens (including phenoxy) is 1. The van der Waals surface area contributed by atoms with Crippen molar-refractivity contribution < 1.29 is 13.9 Å². The molecule has 1 aromatic rings. The van der Waals surface area contributed by atoms with Crippen molar-refractivity contribution in [1.29, 1.82) is 0 Å². The van der Waals surface area contributed by atoms with E-state index in [2.05, 4.69) is 22.2 Å². The Morgan fingerprint density at radius 2 is 1.82 bits per heavy atom. The fourth-order valence-corrected chi connectivity index (χ4v) is 4.78. The van der Waals surface area contributed by atoms with Gasteiger partial charge in [0.2, 0.25) is 5.91 Å². The summed E-state index contributed by atoms with van der Waals surface area (Å²) in [4.78, 5) is 18.1. The second kappa shape index (κ2) is 8.47. The van der Waals surface area contributed by atoms with Crippen LogP contribution in [0.3, 0.4) is 0 Å². The maximum Gasteiger partial charge on any atom is 0.227 e. The first-order valence-corrected chi connectivity index (χ1v) is 10.6. The number of carbonyl (C=O) groups is 1. The van der Waals surface area contributed by atoms with Crippen molar-refractivity contribution in [3.8, 4) is 0 Å². The fraction of sp³-hybridized carbons (Fsp3) is 0.682. The number of morpholine rings is 1. The van der Waals surface area contributed by atoms with E-state index in [-0.39, 0.29) is 23.2 Å². The third-order valence-electron chi connectivity index (χ3n) is 6.80. The van der Waals surface area contributed by atoms with Gasteiger partial charge < -0.3 is 15.0 Å². The summed E-state index contributed by atoms with van der Waals surface area (Å²) in [7, 11) is 2.17. The van der Waals surface area contributed by atoms with Crippen LogP contribution in [0, 0.1) is 11.7 Å². The lowest BCUT2D eigenvalue weighted by Gasteiger charge is -2.49. The van der Waals surface area contributed by atoms with Crippen LogP contribution in [-0.4, -0.2) is 74.2 Å². The number of likely N-dealkylation sites (tertiary alicyclic amines) is 1. The topological polar surface area (TPSA) is 44.8 Å². The standard InChI is InChI=1S/C22H32FN3O2/c1-25-10-8-22(9-11-25,26-12-14-28-15-13-26)16-24-21(27)20(17-2-3-17)18-4-6-19(23)7-5-18/h4-7,17,20H,2-3,8-16H2,1H3,(H,24,27). The summed E-state index contributed by atoms with van der Waals surface area (Å²) in [5.41, 5.74) is 0.952. The lowest BCUT2D eigenvalue weighted by Crippen LogP contribution is -2.62. The van der Waals surface area contributed by atoms with Gasteiger partial charge in [-0.05, 0) is 69.4 Å². The zero-order chi connectivity index (χ0) is 19.6. The van der Waals surface area contributed by atoms with Gasteiger partial charge in [0.25, 0.3) is 0 Å². The van der Waals surface area contributed by atoms with Gasteiger partial charge in [0.15, 0.2) is 0 Å². The molecule has 2 aliphatic heterocycles. The summed E-state index contributed by atoms with van der Waals surface area (Å²) in [5, 5.41) is 3.31. The number of nitrogens with one attached hydrogen (secondary N) is 1. The normalized spacial score (nSPS) is 24.6. The Bertz CT molecular complexity index is 663. The van der Waals surface area contributed by atoms with Crippen LogP contribution in [0.4, 0.5) is 4.39 Å². The highest BCUT2D eigenvalue weighted by Gasteiger charge is 2.42. The molecule has 2 heterocycles. The molecular weight excluding hydrogens is 357 g/mol. The molecule has 1 unspecified atom stereocenters. The van der Waals surface area contributed by atoms with E-state index in [1.165, 1.54) is 12.1 Å². The molecule has 0 radical (unpaired) electrons. The molecule has 1 aromatic carbocycles. The number of benzene rings is 1. The van der Waals surface area contributed by atoms with Crippen LogP contribution in [0.25, 0.3) is 0 Å². The highest BCUT2D eigenvalue weighted by Crippen LogP contribution is 2.43. The summed E-state index contributed by atoms with van der Waals surface area (Å²) >= 11 is 0. The molecule has 1 aliphatic carbocycles. The predicted molar refractivity (Wildman–Crippen MR) is 107 cm³/mol. The Morgan fingerprint density at radius 3 is 2.43 bits per heavy atom. The number of piperidine rings is 1. The van der Waals surface area contributed by atoms with Crippen molar-refractivity contribution in [3.63, 3.8) is 0 Å². The SMILES string of the molecule is CN1CCC(CNC(=O)C(c2ccc(F)cc2)C2CC2)(N2CCOCC2)CC1. The maximum atomic E-state index is 13.3. The molecule has 2 saturated heterocycles. The zero-order valence-corrected chi connectivity index (χ0v) is 16.8. The van der Waals surface area contributed by atoms with Crippen molar-refractivity contribution in [2.45, 2.75) is 37.1 Å². The van der Waals surface area contributed by atoms with E-state index in [0.717, 1.165) is 70.6 Å². The third kappa shape index (κ3) is 4.39. The van der Waals surface area contributed by atoms with Crippen molar-refractivity contribution in [1.82, 2.24) is 15.1 Å². The quantitative estimate of drug-likeness (QED) is 0.811. The van der Waals surface area contributed by atoms with E-state index in [0.29, 0.717) is 12.5 Å². The smallest absolute Gasteiger partial charge is 0.227 e. The Hall–Kier alpha value is -1.50. The number of nitrogens with zero attached hydrogens (tertiary/aromatic N) is 2. The fourth-order valence-electron chi connectivity index (χ4n) is 4.78. The van der Waals surface area contributed by atoms with Crippen LogP contribution >= 0.6 is 0 Å². The van der Waals surface area contributed by atoms with Crippen molar-refractivity contribution in [2.24, 2.45) is 5.92 Å². The van der Waals surface area contributed by atoms with Crippen LogP contribution in [0.2, 0.25) is 0 Å². The van der Waals surface area contributed by atoms with Crippen molar-refractivity contribution >= 4 is 5.91 Å². The average molecular weight is 390 g/mol. The number of amides is 1. The van der Waals surface area contributed by atoms with Crippen molar-refractivity contribution in [3.05, 3.63) is 35.6 Å².